The second-order valence-electron chi connectivity index (χ2n) is 8.13. The summed E-state index contributed by atoms with van der Waals surface area (Å²) in [6, 6.07) is 24.3. The number of carbonyl (C=O) groups excluding carboxylic acids is 1. The number of hydrogen-bond acceptors (Lipinski definition) is 3. The van der Waals surface area contributed by atoms with Crippen LogP contribution in [0.5, 0.6) is 5.75 Å². The fraction of sp³-hybridized carbons (Fsp3) is 0.143. The zero-order chi connectivity index (χ0) is 24.1. The van der Waals surface area contributed by atoms with Crippen LogP contribution >= 0.6 is 31.9 Å². The zero-order valence-electron chi connectivity index (χ0n) is 18.9. The fourth-order valence-corrected chi connectivity index (χ4v) is 5.13. The first-order chi connectivity index (χ1) is 16.4. The number of nitrogens with zero attached hydrogens (tertiary/aromatic N) is 1. The molecule has 172 valence electrons. The highest BCUT2D eigenvalue weighted by molar-refractivity contribution is 9.11. The summed E-state index contributed by atoms with van der Waals surface area (Å²) in [5.41, 5.74) is 7.89. The van der Waals surface area contributed by atoms with E-state index in [9.17, 15) is 4.79 Å². The third kappa shape index (κ3) is 5.93. The molecule has 0 unspecified atom stereocenters. The molecule has 0 aromatic heterocycles. The van der Waals surface area contributed by atoms with E-state index in [-0.39, 0.29) is 12.3 Å². The van der Waals surface area contributed by atoms with Gasteiger partial charge in [0, 0.05) is 0 Å². The van der Waals surface area contributed by atoms with Gasteiger partial charge in [0.2, 0.25) is 5.91 Å². The van der Waals surface area contributed by atoms with E-state index in [1.807, 2.05) is 55.5 Å². The van der Waals surface area contributed by atoms with Crippen LogP contribution in [0.2, 0.25) is 0 Å². The van der Waals surface area contributed by atoms with Gasteiger partial charge < -0.3 is 4.74 Å². The second kappa shape index (κ2) is 11.0. The lowest BCUT2D eigenvalue weighted by atomic mass is 10.0. The quantitative estimate of drug-likeness (QED) is 0.185. The van der Waals surface area contributed by atoms with Gasteiger partial charge in [-0.2, -0.15) is 5.10 Å². The SMILES string of the molecule is Cc1ccc(CC(=O)N/N=C\c2cc(Br)c(OCc3cccc4ccccc34)c(Br)c2)cc1C. The van der Waals surface area contributed by atoms with Crippen molar-refractivity contribution in [3.63, 3.8) is 0 Å². The van der Waals surface area contributed by atoms with Gasteiger partial charge in [-0.3, -0.25) is 4.79 Å². The zero-order valence-corrected chi connectivity index (χ0v) is 22.1. The lowest BCUT2D eigenvalue weighted by Gasteiger charge is -2.13. The van der Waals surface area contributed by atoms with Crippen molar-refractivity contribution in [3.8, 4) is 5.75 Å². The molecular weight excluding hydrogens is 556 g/mol. The largest absolute Gasteiger partial charge is 0.487 e. The summed E-state index contributed by atoms with van der Waals surface area (Å²) in [6.07, 6.45) is 1.90. The molecule has 0 fully saturated rings. The van der Waals surface area contributed by atoms with E-state index in [1.165, 1.54) is 21.9 Å². The number of aryl methyl sites for hydroxylation is 2. The first kappa shape index (κ1) is 24.2. The number of ether oxygens (including phenoxy) is 1. The highest BCUT2D eigenvalue weighted by atomic mass is 79.9. The van der Waals surface area contributed by atoms with Gasteiger partial charge in [-0.25, -0.2) is 5.43 Å². The summed E-state index contributed by atoms with van der Waals surface area (Å²) < 4.78 is 7.73. The molecule has 0 radical (unpaired) electrons. The Balaban J connectivity index is 1.39. The van der Waals surface area contributed by atoms with Gasteiger partial charge in [0.1, 0.15) is 12.4 Å². The average molecular weight is 580 g/mol. The highest BCUT2D eigenvalue weighted by Gasteiger charge is 2.10. The smallest absolute Gasteiger partial charge is 0.244 e. The average Bonchev–Trinajstić information content (AvgIpc) is 2.81. The topological polar surface area (TPSA) is 50.7 Å². The van der Waals surface area contributed by atoms with Crippen LogP contribution < -0.4 is 10.2 Å². The fourth-order valence-electron chi connectivity index (χ4n) is 3.68. The lowest BCUT2D eigenvalue weighted by Crippen LogP contribution is -2.19. The van der Waals surface area contributed by atoms with Gasteiger partial charge in [0.15, 0.2) is 0 Å². The van der Waals surface area contributed by atoms with Gasteiger partial charge in [0.05, 0.1) is 21.6 Å². The normalized spacial score (nSPS) is 11.2. The summed E-state index contributed by atoms with van der Waals surface area (Å²) in [5.74, 6) is 0.552. The van der Waals surface area contributed by atoms with E-state index in [4.69, 9.17) is 4.74 Å². The van der Waals surface area contributed by atoms with Crippen LogP contribution in [-0.2, 0) is 17.8 Å². The molecular formula is C28H24Br2N2O2. The summed E-state index contributed by atoms with van der Waals surface area (Å²) in [7, 11) is 0. The Bertz CT molecular complexity index is 1350. The maximum Gasteiger partial charge on any atom is 0.244 e. The molecule has 4 aromatic rings. The van der Waals surface area contributed by atoms with E-state index < -0.39 is 0 Å². The molecule has 0 saturated carbocycles. The highest BCUT2D eigenvalue weighted by Crippen LogP contribution is 2.35. The van der Waals surface area contributed by atoms with Crippen molar-refractivity contribution in [3.05, 3.63) is 110 Å². The van der Waals surface area contributed by atoms with Crippen LogP contribution in [0, 0.1) is 13.8 Å². The molecule has 0 saturated heterocycles. The summed E-state index contributed by atoms with van der Waals surface area (Å²) in [6.45, 7) is 4.54. The minimum atomic E-state index is -0.160. The maximum absolute atomic E-state index is 12.2. The number of amides is 1. The van der Waals surface area contributed by atoms with Gasteiger partial charge in [0.25, 0.3) is 0 Å². The van der Waals surface area contributed by atoms with Crippen molar-refractivity contribution >= 4 is 54.8 Å². The summed E-state index contributed by atoms with van der Waals surface area (Å²) in [5, 5.41) is 6.48. The number of benzene rings is 4. The van der Waals surface area contributed by atoms with Crippen molar-refractivity contribution in [2.45, 2.75) is 26.9 Å². The predicted octanol–water partition coefficient (Wildman–Crippen LogP) is 7.25. The third-order valence-electron chi connectivity index (χ3n) is 5.61. The Morgan fingerprint density at radius 2 is 1.68 bits per heavy atom. The minimum absolute atomic E-state index is 0.160. The molecule has 0 aliphatic rings. The molecule has 0 heterocycles. The maximum atomic E-state index is 12.2. The third-order valence-corrected chi connectivity index (χ3v) is 6.79. The Labute approximate surface area is 216 Å². The molecule has 0 spiro atoms. The van der Waals surface area contributed by atoms with Gasteiger partial charge in [-0.05, 0) is 96.4 Å². The van der Waals surface area contributed by atoms with Crippen molar-refractivity contribution in [2.24, 2.45) is 5.10 Å². The van der Waals surface area contributed by atoms with Crippen molar-refractivity contribution in [1.82, 2.24) is 5.43 Å². The standard InChI is InChI=1S/C28H24Br2N2O2/c1-18-10-11-20(12-19(18)2)15-27(33)32-31-16-21-13-25(29)28(26(30)14-21)34-17-23-8-5-7-22-6-3-4-9-24(22)23/h3-14,16H,15,17H2,1-2H3,(H,32,33)/b31-16-. The monoisotopic (exact) mass is 578 g/mol. The van der Waals surface area contributed by atoms with Gasteiger partial charge in [-0.1, -0.05) is 60.7 Å². The number of hydrogen-bond donors (Lipinski definition) is 1. The van der Waals surface area contributed by atoms with E-state index in [2.05, 4.69) is 73.6 Å². The molecule has 0 aliphatic heterocycles. The first-order valence-electron chi connectivity index (χ1n) is 10.9. The van der Waals surface area contributed by atoms with Crippen LogP contribution in [0.3, 0.4) is 0 Å². The van der Waals surface area contributed by atoms with E-state index >= 15 is 0 Å². The molecule has 4 nitrogen and oxygen atoms in total. The van der Waals surface area contributed by atoms with Crippen LogP contribution in [0.15, 0.2) is 86.8 Å². The molecule has 4 aromatic carbocycles. The summed E-state index contributed by atoms with van der Waals surface area (Å²) >= 11 is 7.19. The van der Waals surface area contributed by atoms with Crippen molar-refractivity contribution in [1.29, 1.82) is 0 Å². The van der Waals surface area contributed by atoms with Crippen LogP contribution in [-0.4, -0.2) is 12.1 Å². The number of fused-ring (bicyclic) bond motifs is 1. The van der Waals surface area contributed by atoms with Crippen LogP contribution in [0.1, 0.15) is 27.8 Å². The van der Waals surface area contributed by atoms with Crippen LogP contribution in [0.25, 0.3) is 10.8 Å². The molecule has 0 atom stereocenters. The molecule has 1 amide bonds. The van der Waals surface area contributed by atoms with E-state index in [0.717, 1.165) is 25.6 Å². The Hall–Kier alpha value is -2.96. The molecule has 1 N–H and O–H groups in total. The number of halogens is 2. The molecule has 6 heteroatoms. The Morgan fingerprint density at radius 3 is 2.44 bits per heavy atom. The molecule has 0 aliphatic carbocycles. The number of rotatable bonds is 7. The van der Waals surface area contributed by atoms with Crippen molar-refractivity contribution < 1.29 is 9.53 Å². The summed E-state index contributed by atoms with van der Waals surface area (Å²) in [4.78, 5) is 12.2. The molecule has 0 bridgehead atoms. The van der Waals surface area contributed by atoms with E-state index in [1.54, 1.807) is 6.21 Å². The molecule has 34 heavy (non-hydrogen) atoms. The minimum Gasteiger partial charge on any atom is -0.487 e. The Kier molecular flexibility index (Phi) is 7.80. The predicted molar refractivity (Wildman–Crippen MR) is 145 cm³/mol. The second-order valence-corrected chi connectivity index (χ2v) is 9.84. The number of carbonyl (C=O) groups is 1. The Morgan fingerprint density at radius 1 is 0.941 bits per heavy atom. The number of hydrazone groups is 1. The molecule has 4 rings (SSSR count). The van der Waals surface area contributed by atoms with Crippen LogP contribution in [0.4, 0.5) is 0 Å². The first-order valence-corrected chi connectivity index (χ1v) is 12.5. The lowest BCUT2D eigenvalue weighted by molar-refractivity contribution is -0.120. The van der Waals surface area contributed by atoms with Gasteiger partial charge >= 0.3 is 0 Å². The van der Waals surface area contributed by atoms with Gasteiger partial charge in [-0.15, -0.1) is 0 Å². The van der Waals surface area contributed by atoms with E-state index in [0.29, 0.717) is 12.4 Å². The number of nitrogens with one attached hydrogen (secondary N) is 1. The van der Waals surface area contributed by atoms with Crippen molar-refractivity contribution in [2.75, 3.05) is 0 Å².